The Labute approximate surface area is 93.4 Å². The molecule has 2 heterocycles. The first-order valence-corrected chi connectivity index (χ1v) is 5.33. The summed E-state index contributed by atoms with van der Waals surface area (Å²) in [5, 5.41) is 0. The largest absolute Gasteiger partial charge is 0.489 e. The standard InChI is InChI=1S/C10H16N4O2/c1-16-8-9(12-6-13-10(8)15)14-3-2-7(4-11)5-14/h6-7H,2-5,11H2,1H3,(H,12,13,15). The third-order valence-corrected chi connectivity index (χ3v) is 2.91. The van der Waals surface area contributed by atoms with Gasteiger partial charge in [-0.25, -0.2) is 4.98 Å². The van der Waals surface area contributed by atoms with Crippen molar-refractivity contribution < 1.29 is 4.74 Å². The van der Waals surface area contributed by atoms with Gasteiger partial charge >= 0.3 is 0 Å². The van der Waals surface area contributed by atoms with Gasteiger partial charge in [0.25, 0.3) is 5.56 Å². The molecule has 1 aliphatic rings. The monoisotopic (exact) mass is 224 g/mol. The van der Waals surface area contributed by atoms with Crippen LogP contribution in [0.2, 0.25) is 0 Å². The molecule has 6 heteroatoms. The molecule has 1 aliphatic heterocycles. The molecule has 2 rings (SSSR count). The second-order valence-corrected chi connectivity index (χ2v) is 3.92. The second kappa shape index (κ2) is 4.52. The minimum Gasteiger partial charge on any atom is -0.489 e. The zero-order valence-corrected chi connectivity index (χ0v) is 9.27. The summed E-state index contributed by atoms with van der Waals surface area (Å²) in [6.45, 7) is 2.37. The highest BCUT2D eigenvalue weighted by Crippen LogP contribution is 2.26. The molecule has 0 bridgehead atoms. The van der Waals surface area contributed by atoms with Crippen molar-refractivity contribution in [3.63, 3.8) is 0 Å². The fraction of sp³-hybridized carbons (Fsp3) is 0.600. The van der Waals surface area contributed by atoms with Gasteiger partial charge in [-0.3, -0.25) is 4.79 Å². The number of H-pyrrole nitrogens is 1. The summed E-state index contributed by atoms with van der Waals surface area (Å²) in [5.41, 5.74) is 5.38. The van der Waals surface area contributed by atoms with E-state index >= 15 is 0 Å². The van der Waals surface area contributed by atoms with Gasteiger partial charge in [-0.05, 0) is 18.9 Å². The lowest BCUT2D eigenvalue weighted by atomic mass is 10.1. The maximum Gasteiger partial charge on any atom is 0.295 e. The van der Waals surface area contributed by atoms with E-state index in [2.05, 4.69) is 9.97 Å². The molecule has 0 spiro atoms. The van der Waals surface area contributed by atoms with Gasteiger partial charge in [-0.15, -0.1) is 0 Å². The van der Waals surface area contributed by atoms with Crippen LogP contribution in [0.1, 0.15) is 6.42 Å². The van der Waals surface area contributed by atoms with Gasteiger partial charge in [-0.2, -0.15) is 0 Å². The number of aromatic nitrogens is 2. The minimum atomic E-state index is -0.247. The number of ether oxygens (including phenoxy) is 1. The molecule has 0 radical (unpaired) electrons. The number of rotatable bonds is 3. The molecular weight excluding hydrogens is 208 g/mol. The first-order chi connectivity index (χ1) is 7.76. The topological polar surface area (TPSA) is 84.2 Å². The number of nitrogens with zero attached hydrogens (tertiary/aromatic N) is 2. The van der Waals surface area contributed by atoms with E-state index in [0.29, 0.717) is 18.3 Å². The Kier molecular flexibility index (Phi) is 3.09. The minimum absolute atomic E-state index is 0.247. The Balaban J connectivity index is 2.27. The van der Waals surface area contributed by atoms with E-state index < -0.39 is 0 Å². The molecule has 1 fully saturated rings. The Morgan fingerprint density at radius 3 is 3.19 bits per heavy atom. The van der Waals surface area contributed by atoms with Crippen LogP contribution in [-0.4, -0.2) is 36.7 Å². The molecule has 0 amide bonds. The third-order valence-electron chi connectivity index (χ3n) is 2.91. The normalized spacial score (nSPS) is 20.1. The highest BCUT2D eigenvalue weighted by atomic mass is 16.5. The molecule has 3 N–H and O–H groups in total. The fourth-order valence-corrected chi connectivity index (χ4v) is 2.00. The van der Waals surface area contributed by atoms with E-state index in [1.54, 1.807) is 0 Å². The molecular formula is C10H16N4O2. The van der Waals surface area contributed by atoms with E-state index in [0.717, 1.165) is 19.5 Å². The van der Waals surface area contributed by atoms with Crippen molar-refractivity contribution in [1.82, 2.24) is 9.97 Å². The van der Waals surface area contributed by atoms with Crippen LogP contribution >= 0.6 is 0 Å². The molecule has 1 aromatic heterocycles. The molecule has 6 nitrogen and oxygen atoms in total. The molecule has 16 heavy (non-hydrogen) atoms. The number of nitrogens with two attached hydrogens (primary N) is 1. The molecule has 1 unspecified atom stereocenters. The zero-order chi connectivity index (χ0) is 11.5. The summed E-state index contributed by atoms with van der Waals surface area (Å²) in [5.74, 6) is 1.37. The number of hydrogen-bond acceptors (Lipinski definition) is 5. The van der Waals surface area contributed by atoms with E-state index in [4.69, 9.17) is 10.5 Å². The summed E-state index contributed by atoms with van der Waals surface area (Å²) >= 11 is 0. The second-order valence-electron chi connectivity index (χ2n) is 3.92. The average Bonchev–Trinajstić information content (AvgIpc) is 2.77. The number of anilines is 1. The number of nitrogens with one attached hydrogen (secondary N) is 1. The molecule has 0 aliphatic carbocycles. The van der Waals surface area contributed by atoms with Gasteiger partial charge < -0.3 is 20.4 Å². The average molecular weight is 224 g/mol. The number of methoxy groups -OCH3 is 1. The lowest BCUT2D eigenvalue weighted by molar-refractivity contribution is 0.406. The zero-order valence-electron chi connectivity index (χ0n) is 9.27. The fourth-order valence-electron chi connectivity index (χ4n) is 2.00. The summed E-state index contributed by atoms with van der Waals surface area (Å²) in [4.78, 5) is 20.2. The van der Waals surface area contributed by atoms with Gasteiger partial charge in [0, 0.05) is 13.1 Å². The molecule has 0 saturated carbocycles. The Morgan fingerprint density at radius 2 is 2.56 bits per heavy atom. The highest BCUT2D eigenvalue weighted by Gasteiger charge is 2.25. The van der Waals surface area contributed by atoms with Crippen molar-refractivity contribution in [3.8, 4) is 5.75 Å². The Morgan fingerprint density at radius 1 is 1.75 bits per heavy atom. The van der Waals surface area contributed by atoms with E-state index in [1.165, 1.54) is 13.4 Å². The van der Waals surface area contributed by atoms with Crippen molar-refractivity contribution in [2.45, 2.75) is 6.42 Å². The summed E-state index contributed by atoms with van der Waals surface area (Å²) in [6, 6.07) is 0. The molecule has 88 valence electrons. The van der Waals surface area contributed by atoms with Crippen LogP contribution in [0.25, 0.3) is 0 Å². The van der Waals surface area contributed by atoms with Crippen LogP contribution in [0.4, 0.5) is 5.82 Å². The van der Waals surface area contributed by atoms with Crippen molar-refractivity contribution in [2.24, 2.45) is 11.7 Å². The Bertz CT molecular complexity index is 418. The summed E-state index contributed by atoms with van der Waals surface area (Å²) < 4.78 is 5.08. The van der Waals surface area contributed by atoms with Crippen LogP contribution < -0.4 is 20.9 Å². The smallest absolute Gasteiger partial charge is 0.295 e. The van der Waals surface area contributed by atoms with Gasteiger partial charge in [0.15, 0.2) is 5.82 Å². The first kappa shape index (κ1) is 10.9. The third kappa shape index (κ3) is 1.88. The lowest BCUT2D eigenvalue weighted by Crippen LogP contribution is -2.26. The maximum absolute atomic E-state index is 11.5. The maximum atomic E-state index is 11.5. The van der Waals surface area contributed by atoms with Crippen molar-refractivity contribution in [1.29, 1.82) is 0 Å². The van der Waals surface area contributed by atoms with Crippen LogP contribution in [0.3, 0.4) is 0 Å². The number of hydrogen-bond donors (Lipinski definition) is 2. The van der Waals surface area contributed by atoms with Crippen LogP contribution in [0, 0.1) is 5.92 Å². The molecule has 1 saturated heterocycles. The van der Waals surface area contributed by atoms with Crippen molar-refractivity contribution in [2.75, 3.05) is 31.6 Å². The quantitative estimate of drug-likeness (QED) is 0.727. The SMILES string of the molecule is COc1c(N2CCC(CN)C2)nc[nH]c1=O. The van der Waals surface area contributed by atoms with Gasteiger partial charge in [0.2, 0.25) is 5.75 Å². The molecule has 1 aromatic rings. The van der Waals surface area contributed by atoms with E-state index in [1.807, 2.05) is 4.90 Å². The molecule has 0 aromatic carbocycles. The van der Waals surface area contributed by atoms with Crippen LogP contribution in [-0.2, 0) is 0 Å². The van der Waals surface area contributed by atoms with Crippen LogP contribution in [0.15, 0.2) is 11.1 Å². The van der Waals surface area contributed by atoms with Crippen molar-refractivity contribution >= 4 is 5.82 Å². The Hall–Kier alpha value is -1.56. The van der Waals surface area contributed by atoms with Crippen molar-refractivity contribution in [3.05, 3.63) is 16.7 Å². The van der Waals surface area contributed by atoms with E-state index in [9.17, 15) is 4.79 Å². The van der Waals surface area contributed by atoms with Crippen LogP contribution in [0.5, 0.6) is 5.75 Å². The summed E-state index contributed by atoms with van der Waals surface area (Å²) in [6.07, 6.45) is 2.43. The van der Waals surface area contributed by atoms with Gasteiger partial charge in [-0.1, -0.05) is 0 Å². The van der Waals surface area contributed by atoms with E-state index in [-0.39, 0.29) is 11.3 Å². The molecule has 1 atom stereocenters. The highest BCUT2D eigenvalue weighted by molar-refractivity contribution is 5.51. The predicted molar refractivity (Wildman–Crippen MR) is 60.8 cm³/mol. The summed E-state index contributed by atoms with van der Waals surface area (Å²) in [7, 11) is 1.48. The van der Waals surface area contributed by atoms with Gasteiger partial charge in [0.1, 0.15) is 0 Å². The van der Waals surface area contributed by atoms with Gasteiger partial charge in [0.05, 0.1) is 13.4 Å². The number of aromatic amines is 1. The lowest BCUT2D eigenvalue weighted by Gasteiger charge is -2.18. The predicted octanol–water partition coefficient (Wildman–Crippen LogP) is -0.436. The first-order valence-electron chi connectivity index (χ1n) is 5.33.